The quantitative estimate of drug-likeness (QED) is 0.449. The van der Waals surface area contributed by atoms with Crippen molar-refractivity contribution < 1.29 is 37.7 Å². The average Bonchev–Trinajstić information content (AvgIpc) is 2.53. The van der Waals surface area contributed by atoms with E-state index in [4.69, 9.17) is 24.7 Å². The number of benzene rings is 1. The summed E-state index contributed by atoms with van der Waals surface area (Å²) in [5, 5.41) is 2.37. The van der Waals surface area contributed by atoms with Crippen LogP contribution in [0, 0.1) is 5.82 Å². The Balaban J connectivity index is 2.48. The second-order valence-corrected chi connectivity index (χ2v) is 5.59. The van der Waals surface area contributed by atoms with Gasteiger partial charge in [0.15, 0.2) is 22.9 Å². The van der Waals surface area contributed by atoms with Gasteiger partial charge in [-0.25, -0.2) is 14.0 Å². The lowest BCUT2D eigenvalue weighted by molar-refractivity contribution is -0.222. The van der Waals surface area contributed by atoms with Crippen LogP contribution in [0.2, 0.25) is 0 Å². The number of cyclic esters (lactones) is 2. The first-order valence-corrected chi connectivity index (χ1v) is 7.29. The molecule has 0 saturated carbocycles. The molecule has 26 heavy (non-hydrogen) atoms. The molecule has 0 spiro atoms. The predicted molar refractivity (Wildman–Crippen MR) is 86.0 cm³/mol. The summed E-state index contributed by atoms with van der Waals surface area (Å²) in [7, 11) is 2.46. The molecule has 1 aliphatic rings. The van der Waals surface area contributed by atoms with Gasteiger partial charge in [0.25, 0.3) is 11.7 Å². The summed E-state index contributed by atoms with van der Waals surface area (Å²) in [6, 6.07) is 1.16. The number of methoxy groups -OCH3 is 2. The Hall–Kier alpha value is -3.30. The number of hydrogen-bond acceptors (Lipinski definition) is 8. The second kappa shape index (κ2) is 6.90. The van der Waals surface area contributed by atoms with E-state index in [1.807, 2.05) is 0 Å². The molecule has 1 aromatic carbocycles. The number of rotatable bonds is 5. The van der Waals surface area contributed by atoms with E-state index >= 15 is 0 Å². The number of primary amides is 1. The highest BCUT2D eigenvalue weighted by atomic mass is 19.1. The highest BCUT2D eigenvalue weighted by Crippen LogP contribution is 2.37. The van der Waals surface area contributed by atoms with Gasteiger partial charge in [-0.15, -0.1) is 0 Å². The van der Waals surface area contributed by atoms with E-state index < -0.39 is 40.7 Å². The molecule has 1 heterocycles. The van der Waals surface area contributed by atoms with E-state index in [2.05, 4.69) is 5.32 Å². The Labute approximate surface area is 147 Å². The van der Waals surface area contributed by atoms with Crippen molar-refractivity contribution in [2.24, 2.45) is 5.73 Å². The van der Waals surface area contributed by atoms with Crippen LogP contribution in [0.15, 0.2) is 17.8 Å². The van der Waals surface area contributed by atoms with Crippen LogP contribution in [0.4, 0.5) is 10.1 Å². The molecule has 0 aromatic heterocycles. The molecule has 2 rings (SSSR count). The van der Waals surface area contributed by atoms with E-state index in [0.29, 0.717) is 0 Å². The van der Waals surface area contributed by atoms with Gasteiger partial charge in [-0.2, -0.15) is 0 Å². The fourth-order valence-electron chi connectivity index (χ4n) is 2.21. The number of ether oxygens (including phenoxy) is 4. The minimum atomic E-state index is -1.42. The molecule has 0 radical (unpaired) electrons. The number of esters is 2. The zero-order valence-corrected chi connectivity index (χ0v) is 14.5. The van der Waals surface area contributed by atoms with Crippen LogP contribution >= 0.6 is 0 Å². The summed E-state index contributed by atoms with van der Waals surface area (Å²) in [5.41, 5.74) is 4.04. The second-order valence-electron chi connectivity index (χ2n) is 5.59. The van der Waals surface area contributed by atoms with Crippen LogP contribution in [0.25, 0.3) is 0 Å². The summed E-state index contributed by atoms with van der Waals surface area (Å²) in [6.07, 6.45) is 0.858. The number of nitrogens with two attached hydrogens (primary N) is 1. The summed E-state index contributed by atoms with van der Waals surface area (Å²) in [5.74, 6) is -5.70. The van der Waals surface area contributed by atoms with Crippen molar-refractivity contribution in [2.75, 3.05) is 19.5 Å². The molecule has 1 amide bonds. The van der Waals surface area contributed by atoms with Gasteiger partial charge in [0, 0.05) is 20.0 Å². The number of carbonyl (C=O) groups is 3. The standard InChI is InChI=1S/C16H17FN2O7/c1-16(2)25-14(21)8(15(22)26-16)6-19-11-7(13(18)20)5-9(23-3)12(24-4)10(11)17/h5-6,19H,1-4H3,(H2,18,20). The lowest BCUT2D eigenvalue weighted by atomic mass is 10.1. The van der Waals surface area contributed by atoms with E-state index in [9.17, 15) is 18.8 Å². The van der Waals surface area contributed by atoms with Crippen LogP contribution in [0.5, 0.6) is 11.5 Å². The van der Waals surface area contributed by atoms with Gasteiger partial charge in [-0.1, -0.05) is 0 Å². The highest BCUT2D eigenvalue weighted by Gasteiger charge is 2.39. The maximum absolute atomic E-state index is 14.7. The molecule has 9 nitrogen and oxygen atoms in total. The van der Waals surface area contributed by atoms with E-state index in [1.54, 1.807) is 0 Å². The Bertz CT molecular complexity index is 795. The molecule has 1 fully saturated rings. The zero-order chi connectivity index (χ0) is 19.6. The average molecular weight is 368 g/mol. The first-order chi connectivity index (χ1) is 12.1. The van der Waals surface area contributed by atoms with Gasteiger partial charge in [0.05, 0.1) is 25.5 Å². The number of nitrogens with one attached hydrogen (secondary N) is 1. The minimum Gasteiger partial charge on any atom is -0.493 e. The number of amides is 1. The maximum Gasteiger partial charge on any atom is 0.350 e. The van der Waals surface area contributed by atoms with Crippen LogP contribution in [-0.4, -0.2) is 37.9 Å². The molecule has 0 unspecified atom stereocenters. The van der Waals surface area contributed by atoms with Crippen LogP contribution < -0.4 is 20.5 Å². The Morgan fingerprint density at radius 2 is 1.81 bits per heavy atom. The third-order valence-corrected chi connectivity index (χ3v) is 3.35. The minimum absolute atomic E-state index is 0.0600. The van der Waals surface area contributed by atoms with Crippen molar-refractivity contribution in [2.45, 2.75) is 19.6 Å². The zero-order valence-electron chi connectivity index (χ0n) is 14.5. The van der Waals surface area contributed by atoms with Gasteiger partial charge in [0.2, 0.25) is 0 Å². The van der Waals surface area contributed by atoms with E-state index in [-0.39, 0.29) is 17.1 Å². The lowest BCUT2D eigenvalue weighted by Gasteiger charge is -2.29. The van der Waals surface area contributed by atoms with Crippen molar-refractivity contribution in [1.82, 2.24) is 0 Å². The van der Waals surface area contributed by atoms with Gasteiger partial charge in [-0.3, -0.25) is 4.79 Å². The van der Waals surface area contributed by atoms with Crippen molar-refractivity contribution in [1.29, 1.82) is 0 Å². The van der Waals surface area contributed by atoms with Crippen LogP contribution in [0.3, 0.4) is 0 Å². The molecular formula is C16H17FN2O7. The van der Waals surface area contributed by atoms with Gasteiger partial charge < -0.3 is 30.0 Å². The van der Waals surface area contributed by atoms with Gasteiger partial charge >= 0.3 is 11.9 Å². The van der Waals surface area contributed by atoms with Gasteiger partial charge in [-0.05, 0) is 6.07 Å². The van der Waals surface area contributed by atoms with Gasteiger partial charge in [0.1, 0.15) is 0 Å². The SMILES string of the molecule is COc1cc(C(N)=O)c(NC=C2C(=O)OC(C)(C)OC2=O)c(F)c1OC. The monoisotopic (exact) mass is 368 g/mol. The summed E-state index contributed by atoms with van der Waals surface area (Å²) in [4.78, 5) is 35.4. The van der Waals surface area contributed by atoms with Crippen LogP contribution in [-0.2, 0) is 19.1 Å². The molecule has 140 valence electrons. The fraction of sp³-hybridized carbons (Fsp3) is 0.312. The smallest absolute Gasteiger partial charge is 0.350 e. The first kappa shape index (κ1) is 19.0. The highest BCUT2D eigenvalue weighted by molar-refractivity contribution is 6.15. The third kappa shape index (κ3) is 3.53. The number of hydrogen-bond donors (Lipinski definition) is 2. The number of carbonyl (C=O) groups excluding carboxylic acids is 3. The van der Waals surface area contributed by atoms with Crippen molar-refractivity contribution in [3.05, 3.63) is 29.2 Å². The molecule has 10 heteroatoms. The first-order valence-electron chi connectivity index (χ1n) is 7.29. The molecule has 3 N–H and O–H groups in total. The van der Waals surface area contributed by atoms with E-state index in [1.165, 1.54) is 28.1 Å². The topological polar surface area (TPSA) is 126 Å². The maximum atomic E-state index is 14.7. The Morgan fingerprint density at radius 3 is 2.27 bits per heavy atom. The molecule has 0 aliphatic carbocycles. The molecule has 1 aliphatic heterocycles. The number of anilines is 1. The number of halogens is 1. The normalized spacial score (nSPS) is 15.7. The molecule has 1 saturated heterocycles. The Morgan fingerprint density at radius 1 is 1.23 bits per heavy atom. The molecule has 0 bridgehead atoms. The molecule has 0 atom stereocenters. The van der Waals surface area contributed by atoms with Crippen molar-refractivity contribution >= 4 is 23.5 Å². The fourth-order valence-corrected chi connectivity index (χ4v) is 2.21. The van der Waals surface area contributed by atoms with Crippen molar-refractivity contribution in [3.8, 4) is 11.5 Å². The van der Waals surface area contributed by atoms with Crippen LogP contribution in [0.1, 0.15) is 24.2 Å². The Kier molecular flexibility index (Phi) is 5.05. The largest absolute Gasteiger partial charge is 0.493 e. The summed E-state index contributed by atoms with van der Waals surface area (Å²) >= 11 is 0. The third-order valence-electron chi connectivity index (χ3n) is 3.35. The lowest BCUT2D eigenvalue weighted by Crippen LogP contribution is -2.42. The summed E-state index contributed by atoms with van der Waals surface area (Å²) in [6.45, 7) is 2.76. The van der Waals surface area contributed by atoms with E-state index in [0.717, 1.165) is 12.3 Å². The molecule has 1 aromatic rings. The molecular weight excluding hydrogens is 351 g/mol. The van der Waals surface area contributed by atoms with Crippen molar-refractivity contribution in [3.63, 3.8) is 0 Å². The predicted octanol–water partition coefficient (Wildman–Crippen LogP) is 1.07. The summed E-state index contributed by atoms with van der Waals surface area (Å²) < 4.78 is 34.4.